The lowest BCUT2D eigenvalue weighted by Crippen LogP contribution is -2.30. The lowest BCUT2D eigenvalue weighted by molar-refractivity contribution is 0.0714. The Morgan fingerprint density at radius 3 is 2.92 bits per heavy atom. The standard InChI is InChI=1S/C18H23N3O3/c1-12(2)11-23-17-7-6-14(10-19-17)18(22)21-8-4-5-15(21)16-9-13(3)20-24-16/h6-7,9-10,12,15H,4-5,8,11H2,1-3H3/t15-/m1/s1. The van der Waals surface area contributed by atoms with E-state index in [1.54, 1.807) is 18.3 Å². The van der Waals surface area contributed by atoms with Gasteiger partial charge >= 0.3 is 0 Å². The lowest BCUT2D eigenvalue weighted by atomic mass is 10.1. The quantitative estimate of drug-likeness (QED) is 0.841. The minimum atomic E-state index is -0.0458. The number of aromatic nitrogens is 2. The second-order valence-electron chi connectivity index (χ2n) is 6.62. The van der Waals surface area contributed by atoms with E-state index in [4.69, 9.17) is 9.26 Å². The zero-order chi connectivity index (χ0) is 17.1. The van der Waals surface area contributed by atoms with Crippen LogP contribution in [0.1, 0.15) is 54.5 Å². The van der Waals surface area contributed by atoms with Crippen LogP contribution in [0.15, 0.2) is 28.9 Å². The van der Waals surface area contributed by atoms with Gasteiger partial charge in [0.1, 0.15) is 0 Å². The van der Waals surface area contributed by atoms with Crippen molar-refractivity contribution >= 4 is 5.91 Å². The monoisotopic (exact) mass is 329 g/mol. The predicted molar refractivity (Wildman–Crippen MR) is 88.8 cm³/mol. The van der Waals surface area contributed by atoms with Crippen molar-refractivity contribution in [2.75, 3.05) is 13.2 Å². The molecule has 1 saturated heterocycles. The molecule has 1 aliphatic rings. The predicted octanol–water partition coefficient (Wildman–Crippen LogP) is 3.39. The first-order chi connectivity index (χ1) is 11.5. The number of aryl methyl sites for hydroxylation is 1. The van der Waals surface area contributed by atoms with Crippen LogP contribution in [-0.2, 0) is 0 Å². The maximum atomic E-state index is 12.8. The van der Waals surface area contributed by atoms with Crippen LogP contribution in [0.4, 0.5) is 0 Å². The van der Waals surface area contributed by atoms with Crippen LogP contribution in [0.3, 0.4) is 0 Å². The molecule has 24 heavy (non-hydrogen) atoms. The zero-order valence-corrected chi connectivity index (χ0v) is 14.4. The molecule has 0 spiro atoms. The Labute approximate surface area is 141 Å². The smallest absolute Gasteiger partial charge is 0.256 e. The Morgan fingerprint density at radius 1 is 1.46 bits per heavy atom. The highest BCUT2D eigenvalue weighted by molar-refractivity contribution is 5.94. The topological polar surface area (TPSA) is 68.5 Å². The van der Waals surface area contributed by atoms with Crippen molar-refractivity contribution in [3.63, 3.8) is 0 Å². The molecule has 2 aromatic heterocycles. The van der Waals surface area contributed by atoms with Gasteiger partial charge in [-0.05, 0) is 31.7 Å². The molecule has 3 heterocycles. The summed E-state index contributed by atoms with van der Waals surface area (Å²) in [6.45, 7) is 7.37. The highest BCUT2D eigenvalue weighted by Gasteiger charge is 2.33. The van der Waals surface area contributed by atoms with E-state index in [9.17, 15) is 4.79 Å². The van der Waals surface area contributed by atoms with Gasteiger partial charge in [0.15, 0.2) is 5.76 Å². The number of likely N-dealkylation sites (tertiary alicyclic amines) is 1. The fraction of sp³-hybridized carbons (Fsp3) is 0.500. The minimum Gasteiger partial charge on any atom is -0.477 e. The summed E-state index contributed by atoms with van der Waals surface area (Å²) >= 11 is 0. The molecule has 0 unspecified atom stereocenters. The van der Waals surface area contributed by atoms with Crippen LogP contribution < -0.4 is 4.74 Å². The van der Waals surface area contributed by atoms with E-state index in [1.165, 1.54) is 0 Å². The van der Waals surface area contributed by atoms with E-state index in [2.05, 4.69) is 24.0 Å². The first kappa shape index (κ1) is 16.5. The Balaban J connectivity index is 1.71. The molecule has 2 aromatic rings. The third-order valence-electron chi connectivity index (χ3n) is 4.04. The highest BCUT2D eigenvalue weighted by Crippen LogP contribution is 2.33. The van der Waals surface area contributed by atoms with Crippen LogP contribution in [0.2, 0.25) is 0 Å². The Morgan fingerprint density at radius 2 is 2.29 bits per heavy atom. The minimum absolute atomic E-state index is 0.0329. The maximum Gasteiger partial charge on any atom is 0.256 e. The van der Waals surface area contributed by atoms with Crippen LogP contribution >= 0.6 is 0 Å². The number of amides is 1. The molecule has 0 aromatic carbocycles. The summed E-state index contributed by atoms with van der Waals surface area (Å²) in [7, 11) is 0. The molecule has 1 atom stereocenters. The van der Waals surface area contributed by atoms with Crippen LogP contribution in [0.25, 0.3) is 0 Å². The first-order valence-corrected chi connectivity index (χ1v) is 8.37. The summed E-state index contributed by atoms with van der Waals surface area (Å²) in [5.41, 5.74) is 1.40. The highest BCUT2D eigenvalue weighted by atomic mass is 16.5. The Kier molecular flexibility index (Phi) is 4.83. The summed E-state index contributed by atoms with van der Waals surface area (Å²) < 4.78 is 10.9. The van der Waals surface area contributed by atoms with Crippen LogP contribution in [0.5, 0.6) is 5.88 Å². The number of nitrogens with zero attached hydrogens (tertiary/aromatic N) is 3. The van der Waals surface area contributed by atoms with Gasteiger partial charge in [-0.15, -0.1) is 0 Å². The average molecular weight is 329 g/mol. The fourth-order valence-electron chi connectivity index (χ4n) is 2.86. The number of rotatable bonds is 5. The molecule has 0 N–H and O–H groups in total. The van der Waals surface area contributed by atoms with Crippen molar-refractivity contribution in [1.82, 2.24) is 15.0 Å². The van der Waals surface area contributed by atoms with E-state index in [0.29, 0.717) is 24.0 Å². The number of carbonyl (C=O) groups excluding carboxylic acids is 1. The van der Waals surface area contributed by atoms with Gasteiger partial charge in [-0.2, -0.15) is 0 Å². The summed E-state index contributed by atoms with van der Waals surface area (Å²) in [6, 6.07) is 5.37. The third kappa shape index (κ3) is 3.58. The van der Waals surface area contributed by atoms with Gasteiger partial charge < -0.3 is 14.2 Å². The van der Waals surface area contributed by atoms with E-state index in [-0.39, 0.29) is 11.9 Å². The third-order valence-corrected chi connectivity index (χ3v) is 4.04. The molecular weight excluding hydrogens is 306 g/mol. The second-order valence-corrected chi connectivity index (χ2v) is 6.62. The fourth-order valence-corrected chi connectivity index (χ4v) is 2.86. The van der Waals surface area contributed by atoms with Gasteiger partial charge in [0.05, 0.1) is 23.9 Å². The van der Waals surface area contributed by atoms with Gasteiger partial charge in [-0.3, -0.25) is 4.79 Å². The normalized spacial score (nSPS) is 17.5. The molecule has 6 heteroatoms. The number of ether oxygens (including phenoxy) is 1. The van der Waals surface area contributed by atoms with Crippen LogP contribution in [0, 0.1) is 12.8 Å². The second kappa shape index (κ2) is 7.03. The van der Waals surface area contributed by atoms with E-state index < -0.39 is 0 Å². The molecular formula is C18H23N3O3. The van der Waals surface area contributed by atoms with Crippen LogP contribution in [-0.4, -0.2) is 34.1 Å². The lowest BCUT2D eigenvalue weighted by Gasteiger charge is -2.22. The van der Waals surface area contributed by atoms with E-state index >= 15 is 0 Å². The summed E-state index contributed by atoms with van der Waals surface area (Å²) in [5.74, 6) is 1.70. The largest absolute Gasteiger partial charge is 0.477 e. The number of hydrogen-bond acceptors (Lipinski definition) is 5. The van der Waals surface area contributed by atoms with Crippen molar-refractivity contribution in [2.24, 2.45) is 5.92 Å². The molecule has 0 radical (unpaired) electrons. The van der Waals surface area contributed by atoms with Gasteiger partial charge in [-0.1, -0.05) is 19.0 Å². The van der Waals surface area contributed by atoms with E-state index in [0.717, 1.165) is 30.8 Å². The van der Waals surface area contributed by atoms with Crippen molar-refractivity contribution < 1.29 is 14.1 Å². The van der Waals surface area contributed by atoms with Gasteiger partial charge in [0, 0.05) is 24.9 Å². The van der Waals surface area contributed by atoms with Gasteiger partial charge in [-0.25, -0.2) is 4.98 Å². The maximum absolute atomic E-state index is 12.8. The van der Waals surface area contributed by atoms with Crippen molar-refractivity contribution in [1.29, 1.82) is 0 Å². The molecule has 3 rings (SSSR count). The molecule has 0 saturated carbocycles. The van der Waals surface area contributed by atoms with E-state index in [1.807, 2.05) is 17.9 Å². The van der Waals surface area contributed by atoms with Gasteiger partial charge in [0.25, 0.3) is 5.91 Å². The molecule has 0 aliphatic carbocycles. The summed E-state index contributed by atoms with van der Waals surface area (Å²) in [5, 5.41) is 3.93. The molecule has 128 valence electrons. The number of hydrogen-bond donors (Lipinski definition) is 0. The van der Waals surface area contributed by atoms with Crippen molar-refractivity contribution in [3.05, 3.63) is 41.4 Å². The number of carbonyl (C=O) groups is 1. The molecule has 0 bridgehead atoms. The SMILES string of the molecule is Cc1cc([C@H]2CCCN2C(=O)c2ccc(OCC(C)C)nc2)on1. The summed E-state index contributed by atoms with van der Waals surface area (Å²) in [6.07, 6.45) is 3.43. The molecule has 1 fully saturated rings. The molecule has 6 nitrogen and oxygen atoms in total. The van der Waals surface area contributed by atoms with Crippen molar-refractivity contribution in [2.45, 2.75) is 39.7 Å². The summed E-state index contributed by atoms with van der Waals surface area (Å²) in [4.78, 5) is 18.9. The Hall–Kier alpha value is -2.37. The zero-order valence-electron chi connectivity index (χ0n) is 14.4. The molecule has 1 amide bonds. The Bertz CT molecular complexity index is 694. The number of pyridine rings is 1. The first-order valence-electron chi connectivity index (χ1n) is 8.37. The van der Waals surface area contributed by atoms with Gasteiger partial charge in [0.2, 0.25) is 5.88 Å². The van der Waals surface area contributed by atoms with Crippen molar-refractivity contribution in [3.8, 4) is 5.88 Å². The average Bonchev–Trinajstić information content (AvgIpc) is 3.21. The molecule has 1 aliphatic heterocycles.